The highest BCUT2D eigenvalue weighted by Gasteiger charge is 2.26. The van der Waals surface area contributed by atoms with Crippen LogP contribution >= 0.6 is 0 Å². The molecule has 2 rings (SSSR count). The summed E-state index contributed by atoms with van der Waals surface area (Å²) in [6.07, 6.45) is 3.42. The zero-order valence-corrected chi connectivity index (χ0v) is 11.1. The molecule has 2 amide bonds. The molecule has 1 saturated heterocycles. The number of carbonyl (C=O) groups is 1. The van der Waals surface area contributed by atoms with E-state index in [9.17, 15) is 4.79 Å². The zero-order chi connectivity index (χ0) is 13.1. The molecule has 6 nitrogen and oxygen atoms in total. The van der Waals surface area contributed by atoms with Gasteiger partial charge >= 0.3 is 6.03 Å². The van der Waals surface area contributed by atoms with Crippen LogP contribution in [0.25, 0.3) is 0 Å². The van der Waals surface area contributed by atoms with Gasteiger partial charge in [-0.25, -0.2) is 9.80 Å². The lowest BCUT2D eigenvalue weighted by Gasteiger charge is -2.38. The average molecular weight is 252 g/mol. The summed E-state index contributed by atoms with van der Waals surface area (Å²) < 4.78 is 4.89. The third-order valence-corrected chi connectivity index (χ3v) is 3.29. The fourth-order valence-electron chi connectivity index (χ4n) is 2.33. The van der Waals surface area contributed by atoms with Gasteiger partial charge in [0.1, 0.15) is 5.76 Å². The number of carbonyl (C=O) groups excluding carboxylic acids is 1. The lowest BCUT2D eigenvalue weighted by Crippen LogP contribution is -2.55. The molecule has 1 aromatic rings. The molecule has 0 aliphatic carbocycles. The summed E-state index contributed by atoms with van der Waals surface area (Å²) in [6.45, 7) is 6.03. The number of hydrogen-bond donors (Lipinski definition) is 2. The third kappa shape index (κ3) is 3.01. The molecule has 0 spiro atoms. The lowest BCUT2D eigenvalue weighted by atomic mass is 10.00. The number of nitrogens with zero attached hydrogens (tertiary/aromatic N) is 2. The molecule has 1 aliphatic rings. The topological polar surface area (TPSA) is 70.4 Å². The SMILES string of the molecule is Cc1cc(NC(=O)NN2C(C)CCCC2C)no1. The number of urea groups is 1. The molecule has 2 unspecified atom stereocenters. The maximum Gasteiger partial charge on any atom is 0.335 e. The first-order valence-corrected chi connectivity index (χ1v) is 6.35. The smallest absolute Gasteiger partial charge is 0.335 e. The van der Waals surface area contributed by atoms with E-state index < -0.39 is 0 Å². The number of rotatable bonds is 2. The molecule has 1 aromatic heterocycles. The summed E-state index contributed by atoms with van der Waals surface area (Å²) in [4.78, 5) is 11.8. The minimum Gasteiger partial charge on any atom is -0.360 e. The molecule has 6 heteroatoms. The van der Waals surface area contributed by atoms with E-state index in [2.05, 4.69) is 29.7 Å². The van der Waals surface area contributed by atoms with Gasteiger partial charge < -0.3 is 4.52 Å². The van der Waals surface area contributed by atoms with Gasteiger partial charge in [0.2, 0.25) is 0 Å². The molecule has 2 heterocycles. The molecule has 2 N–H and O–H groups in total. The normalized spacial score (nSPS) is 24.8. The van der Waals surface area contributed by atoms with Crippen LogP contribution in [0.3, 0.4) is 0 Å². The van der Waals surface area contributed by atoms with Gasteiger partial charge in [-0.2, -0.15) is 0 Å². The van der Waals surface area contributed by atoms with Crippen LogP contribution in [0.5, 0.6) is 0 Å². The van der Waals surface area contributed by atoms with Gasteiger partial charge in [-0.1, -0.05) is 11.6 Å². The maximum absolute atomic E-state index is 11.8. The lowest BCUT2D eigenvalue weighted by molar-refractivity contribution is 0.0625. The number of aromatic nitrogens is 1. The number of hydrazine groups is 1. The summed E-state index contributed by atoms with van der Waals surface area (Å²) in [5, 5.41) is 8.38. The molecule has 18 heavy (non-hydrogen) atoms. The highest BCUT2D eigenvalue weighted by atomic mass is 16.5. The standard InChI is InChI=1S/C12H20N4O2/c1-8-5-4-6-9(2)16(8)14-12(17)13-11-7-10(3)18-15-11/h7-9H,4-6H2,1-3H3,(H2,13,14,15,17). The molecular formula is C12H20N4O2. The van der Waals surface area contributed by atoms with Crippen LogP contribution in [0.4, 0.5) is 10.6 Å². The third-order valence-electron chi connectivity index (χ3n) is 3.29. The number of hydrogen-bond acceptors (Lipinski definition) is 4. The van der Waals surface area contributed by atoms with Crippen molar-refractivity contribution in [3.05, 3.63) is 11.8 Å². The zero-order valence-electron chi connectivity index (χ0n) is 11.1. The summed E-state index contributed by atoms with van der Waals surface area (Å²) in [5.41, 5.74) is 2.88. The Hall–Kier alpha value is -1.56. The van der Waals surface area contributed by atoms with Crippen LogP contribution in [-0.2, 0) is 0 Å². The Morgan fingerprint density at radius 1 is 1.44 bits per heavy atom. The van der Waals surface area contributed by atoms with Crippen LogP contribution in [0.2, 0.25) is 0 Å². The van der Waals surface area contributed by atoms with Gasteiger partial charge in [-0.05, 0) is 33.6 Å². The van der Waals surface area contributed by atoms with E-state index in [0.717, 1.165) is 12.8 Å². The fraction of sp³-hybridized carbons (Fsp3) is 0.667. The number of amides is 2. The second-order valence-corrected chi connectivity index (χ2v) is 4.92. The van der Waals surface area contributed by atoms with Crippen LogP contribution in [0.15, 0.2) is 10.6 Å². The summed E-state index contributed by atoms with van der Waals surface area (Å²) in [5.74, 6) is 1.10. The molecule has 0 aromatic carbocycles. The Morgan fingerprint density at radius 3 is 2.67 bits per heavy atom. The monoisotopic (exact) mass is 252 g/mol. The minimum atomic E-state index is -0.274. The predicted molar refractivity (Wildman–Crippen MR) is 68.0 cm³/mol. The van der Waals surface area contributed by atoms with Crippen LogP contribution in [-0.4, -0.2) is 28.3 Å². The highest BCUT2D eigenvalue weighted by molar-refractivity contribution is 5.87. The van der Waals surface area contributed by atoms with Gasteiger partial charge in [0.15, 0.2) is 5.82 Å². The average Bonchev–Trinajstić information content (AvgIpc) is 2.69. The quantitative estimate of drug-likeness (QED) is 0.847. The van der Waals surface area contributed by atoms with Crippen LogP contribution in [0.1, 0.15) is 38.9 Å². The minimum absolute atomic E-state index is 0.274. The second-order valence-electron chi connectivity index (χ2n) is 4.92. The summed E-state index contributed by atoms with van der Waals surface area (Å²) in [7, 11) is 0. The van der Waals surface area contributed by atoms with Crippen LogP contribution < -0.4 is 10.7 Å². The van der Waals surface area contributed by atoms with Crippen molar-refractivity contribution in [1.29, 1.82) is 0 Å². The molecular weight excluding hydrogens is 232 g/mol. The Bertz CT molecular complexity index is 408. The van der Waals surface area contributed by atoms with Gasteiger partial charge in [0.25, 0.3) is 0 Å². The first kappa shape index (κ1) is 12.9. The van der Waals surface area contributed by atoms with Crippen molar-refractivity contribution in [1.82, 2.24) is 15.6 Å². The van der Waals surface area contributed by atoms with Crippen molar-refractivity contribution >= 4 is 11.8 Å². The van der Waals surface area contributed by atoms with Crippen molar-refractivity contribution in [2.75, 3.05) is 5.32 Å². The number of piperidine rings is 1. The Kier molecular flexibility index (Phi) is 3.86. The Balaban J connectivity index is 1.90. The van der Waals surface area contributed by atoms with E-state index >= 15 is 0 Å². The van der Waals surface area contributed by atoms with E-state index in [1.807, 2.05) is 5.01 Å². The Labute approximate surface area is 107 Å². The van der Waals surface area contributed by atoms with E-state index in [1.165, 1.54) is 6.42 Å². The second kappa shape index (κ2) is 5.39. The first-order valence-electron chi connectivity index (χ1n) is 6.35. The number of nitrogens with one attached hydrogen (secondary N) is 2. The molecule has 100 valence electrons. The van der Waals surface area contributed by atoms with Crippen molar-refractivity contribution < 1.29 is 9.32 Å². The molecule has 1 fully saturated rings. The van der Waals surface area contributed by atoms with E-state index in [1.54, 1.807) is 13.0 Å². The van der Waals surface area contributed by atoms with Crippen LogP contribution in [0, 0.1) is 6.92 Å². The highest BCUT2D eigenvalue weighted by Crippen LogP contribution is 2.20. The largest absolute Gasteiger partial charge is 0.360 e. The molecule has 2 atom stereocenters. The van der Waals surface area contributed by atoms with Gasteiger partial charge in [0, 0.05) is 18.2 Å². The van der Waals surface area contributed by atoms with Gasteiger partial charge in [-0.3, -0.25) is 10.7 Å². The van der Waals surface area contributed by atoms with Crippen molar-refractivity contribution in [2.45, 2.75) is 52.1 Å². The number of aryl methyl sites for hydroxylation is 1. The van der Waals surface area contributed by atoms with Crippen molar-refractivity contribution in [3.8, 4) is 0 Å². The van der Waals surface area contributed by atoms with Gasteiger partial charge in [0.05, 0.1) is 0 Å². The fourth-order valence-corrected chi connectivity index (χ4v) is 2.33. The van der Waals surface area contributed by atoms with E-state index in [-0.39, 0.29) is 6.03 Å². The van der Waals surface area contributed by atoms with E-state index in [4.69, 9.17) is 4.52 Å². The molecule has 0 bridgehead atoms. The molecule has 0 radical (unpaired) electrons. The summed E-state index contributed by atoms with van der Waals surface area (Å²) in [6, 6.07) is 2.13. The maximum atomic E-state index is 11.8. The summed E-state index contributed by atoms with van der Waals surface area (Å²) >= 11 is 0. The molecule has 0 saturated carbocycles. The van der Waals surface area contributed by atoms with Crippen molar-refractivity contribution in [2.24, 2.45) is 0 Å². The van der Waals surface area contributed by atoms with Gasteiger partial charge in [-0.15, -0.1) is 0 Å². The molecule has 1 aliphatic heterocycles. The van der Waals surface area contributed by atoms with E-state index in [0.29, 0.717) is 23.7 Å². The predicted octanol–water partition coefficient (Wildman–Crippen LogP) is 2.28. The van der Waals surface area contributed by atoms with Crippen molar-refractivity contribution in [3.63, 3.8) is 0 Å². The Morgan fingerprint density at radius 2 is 2.11 bits per heavy atom. The first-order chi connectivity index (χ1) is 8.56. The number of anilines is 1.